The quantitative estimate of drug-likeness (QED) is 0.207. The number of rotatable bonds is 8. The van der Waals surface area contributed by atoms with Gasteiger partial charge in [-0.25, -0.2) is 4.99 Å². The molecule has 4 rings (SSSR count). The minimum Gasteiger partial charge on any atom is -0.497 e. The van der Waals surface area contributed by atoms with E-state index in [1.54, 1.807) is 43.5 Å². The zero-order valence-electron chi connectivity index (χ0n) is 18.7. The summed E-state index contributed by atoms with van der Waals surface area (Å²) in [4.78, 5) is 5.85. The van der Waals surface area contributed by atoms with E-state index < -0.39 is 7.40 Å². The van der Waals surface area contributed by atoms with Gasteiger partial charge in [0.1, 0.15) is 5.75 Å². The smallest absolute Gasteiger partial charge is 0.497 e. The van der Waals surface area contributed by atoms with Crippen LogP contribution in [0, 0.1) is 0 Å². The molecule has 4 aromatic rings. The molecule has 0 amide bonds. The zero-order chi connectivity index (χ0) is 23.8. The SMILES string of the molecule is COc1ccc(N=C(/C=C(/c2ccccc2)N(B(F)F)c2ccccc2)c2ccccc2)cc1. The maximum Gasteiger partial charge on any atom is 0.678 e. The van der Waals surface area contributed by atoms with Gasteiger partial charge in [0.2, 0.25) is 0 Å². The molecule has 0 aromatic heterocycles. The number of ether oxygens (including phenoxy) is 1. The third-order valence-electron chi connectivity index (χ3n) is 5.22. The molecule has 0 bridgehead atoms. The van der Waals surface area contributed by atoms with E-state index in [0.717, 1.165) is 10.4 Å². The summed E-state index contributed by atoms with van der Waals surface area (Å²) in [6.07, 6.45) is 1.72. The van der Waals surface area contributed by atoms with E-state index in [9.17, 15) is 8.63 Å². The minimum atomic E-state index is -2.76. The van der Waals surface area contributed by atoms with Gasteiger partial charge in [-0.05, 0) is 48.0 Å². The third-order valence-corrected chi connectivity index (χ3v) is 5.22. The van der Waals surface area contributed by atoms with Crippen LogP contribution >= 0.6 is 0 Å². The van der Waals surface area contributed by atoms with E-state index >= 15 is 0 Å². The second-order valence-corrected chi connectivity index (χ2v) is 7.44. The van der Waals surface area contributed by atoms with Crippen molar-refractivity contribution in [2.75, 3.05) is 11.9 Å². The van der Waals surface area contributed by atoms with Crippen LogP contribution in [0.4, 0.5) is 20.0 Å². The molecule has 0 saturated heterocycles. The molecule has 0 aliphatic carbocycles. The van der Waals surface area contributed by atoms with Crippen LogP contribution in [0.3, 0.4) is 0 Å². The summed E-state index contributed by atoms with van der Waals surface area (Å²) in [7, 11) is -1.16. The number of nitrogens with zero attached hydrogens (tertiary/aromatic N) is 2. The first-order valence-electron chi connectivity index (χ1n) is 10.8. The van der Waals surface area contributed by atoms with Crippen molar-refractivity contribution in [3.8, 4) is 5.75 Å². The lowest BCUT2D eigenvalue weighted by atomic mass is 9.99. The molecule has 0 radical (unpaired) electrons. The standard InChI is InChI=1S/C28H23BF2N2O/c1-34-26-19-17-24(18-20-26)32-27(22-11-5-2-6-12-22)21-28(23-13-7-3-8-14-23)33(29(30)31)25-15-9-4-10-16-25/h2-21H,1H3/b28-21-,32-27?. The first kappa shape index (κ1) is 23.0. The fourth-order valence-corrected chi connectivity index (χ4v) is 3.56. The normalized spacial score (nSPS) is 11.7. The van der Waals surface area contributed by atoms with E-state index in [-0.39, 0.29) is 0 Å². The highest BCUT2D eigenvalue weighted by molar-refractivity contribution is 6.52. The fraction of sp³-hybridized carbons (Fsp3) is 0.0357. The number of methoxy groups -OCH3 is 1. The van der Waals surface area contributed by atoms with E-state index in [4.69, 9.17) is 9.73 Å². The monoisotopic (exact) mass is 452 g/mol. The van der Waals surface area contributed by atoms with Crippen molar-refractivity contribution in [2.24, 2.45) is 4.99 Å². The first-order chi connectivity index (χ1) is 16.7. The predicted molar refractivity (Wildman–Crippen MR) is 137 cm³/mol. The molecule has 0 saturated carbocycles. The number of benzene rings is 4. The molecule has 4 aromatic carbocycles. The first-order valence-corrected chi connectivity index (χ1v) is 10.8. The predicted octanol–water partition coefficient (Wildman–Crippen LogP) is 7.29. The minimum absolute atomic E-state index is 0.345. The summed E-state index contributed by atoms with van der Waals surface area (Å²) in [6, 6.07) is 34.6. The van der Waals surface area contributed by atoms with Gasteiger partial charge in [0.15, 0.2) is 0 Å². The molecule has 0 fully saturated rings. The molecule has 0 N–H and O–H groups in total. The van der Waals surface area contributed by atoms with Gasteiger partial charge in [-0.1, -0.05) is 78.9 Å². The molecular formula is C28H23BF2N2O. The third kappa shape index (κ3) is 5.59. The van der Waals surface area contributed by atoms with E-state index in [1.807, 2.05) is 84.9 Å². The number of hydrogen-bond acceptors (Lipinski definition) is 3. The highest BCUT2D eigenvalue weighted by atomic mass is 19.2. The molecule has 0 spiro atoms. The van der Waals surface area contributed by atoms with Crippen LogP contribution in [0.5, 0.6) is 5.75 Å². The maximum absolute atomic E-state index is 14.5. The van der Waals surface area contributed by atoms with Gasteiger partial charge in [-0.15, -0.1) is 0 Å². The van der Waals surface area contributed by atoms with Crippen molar-refractivity contribution >= 4 is 30.2 Å². The van der Waals surface area contributed by atoms with Gasteiger partial charge in [0.05, 0.1) is 18.5 Å². The number of para-hydroxylation sites is 1. The highest BCUT2D eigenvalue weighted by Crippen LogP contribution is 2.30. The number of halogens is 2. The molecule has 0 aliphatic heterocycles. The Kier molecular flexibility index (Phi) is 7.51. The Morgan fingerprint density at radius 3 is 1.79 bits per heavy atom. The average molecular weight is 452 g/mol. The summed E-state index contributed by atoms with van der Waals surface area (Å²) in [5, 5.41) is 0. The second-order valence-electron chi connectivity index (χ2n) is 7.44. The Balaban J connectivity index is 1.92. The van der Waals surface area contributed by atoms with E-state index in [0.29, 0.717) is 34.1 Å². The maximum atomic E-state index is 14.5. The Hall–Kier alpha value is -4.19. The lowest BCUT2D eigenvalue weighted by Gasteiger charge is -2.26. The van der Waals surface area contributed by atoms with E-state index in [1.165, 1.54) is 0 Å². The Morgan fingerprint density at radius 1 is 0.735 bits per heavy atom. The van der Waals surface area contributed by atoms with Crippen molar-refractivity contribution in [3.05, 3.63) is 132 Å². The van der Waals surface area contributed by atoms with Crippen molar-refractivity contribution in [1.82, 2.24) is 0 Å². The highest BCUT2D eigenvalue weighted by Gasteiger charge is 2.30. The molecular weight excluding hydrogens is 429 g/mol. The van der Waals surface area contributed by atoms with Crippen molar-refractivity contribution in [3.63, 3.8) is 0 Å². The summed E-state index contributed by atoms with van der Waals surface area (Å²) < 4.78 is 34.3. The van der Waals surface area contributed by atoms with Crippen molar-refractivity contribution in [2.45, 2.75) is 0 Å². The van der Waals surface area contributed by atoms with Gasteiger partial charge in [-0.2, -0.15) is 0 Å². The number of anilines is 1. The van der Waals surface area contributed by atoms with Crippen LogP contribution in [0.25, 0.3) is 5.70 Å². The van der Waals surface area contributed by atoms with Gasteiger partial charge >= 0.3 is 7.40 Å². The van der Waals surface area contributed by atoms with Gasteiger partial charge < -0.3 is 9.55 Å². The summed E-state index contributed by atoms with van der Waals surface area (Å²) in [6.45, 7) is 0. The van der Waals surface area contributed by atoms with Crippen LogP contribution in [-0.2, 0) is 0 Å². The topological polar surface area (TPSA) is 24.8 Å². The molecule has 0 heterocycles. The van der Waals surface area contributed by atoms with E-state index in [2.05, 4.69) is 0 Å². The Labute approximate surface area is 198 Å². The molecule has 0 unspecified atom stereocenters. The average Bonchev–Trinajstić information content (AvgIpc) is 2.89. The van der Waals surface area contributed by atoms with Crippen LogP contribution in [0.2, 0.25) is 0 Å². The number of hydrogen-bond donors (Lipinski definition) is 0. The van der Waals surface area contributed by atoms with Crippen LogP contribution < -0.4 is 9.55 Å². The number of allylic oxidation sites excluding steroid dienone is 1. The summed E-state index contributed by atoms with van der Waals surface area (Å²) in [5.41, 5.74) is 3.46. The molecule has 6 heteroatoms. The number of aliphatic imine (C=N–C) groups is 1. The fourth-order valence-electron chi connectivity index (χ4n) is 3.56. The van der Waals surface area contributed by atoms with Crippen LogP contribution in [-0.4, -0.2) is 20.2 Å². The van der Waals surface area contributed by atoms with Crippen molar-refractivity contribution < 1.29 is 13.4 Å². The van der Waals surface area contributed by atoms with Gasteiger partial charge in [0, 0.05) is 16.9 Å². The van der Waals surface area contributed by atoms with Crippen molar-refractivity contribution in [1.29, 1.82) is 0 Å². The second kappa shape index (κ2) is 11.1. The van der Waals surface area contributed by atoms with Gasteiger partial charge in [0.25, 0.3) is 0 Å². The molecule has 3 nitrogen and oxygen atoms in total. The lowest BCUT2D eigenvalue weighted by molar-refractivity contribution is 0.415. The summed E-state index contributed by atoms with van der Waals surface area (Å²) in [5.74, 6) is 0.716. The molecule has 0 atom stereocenters. The Morgan fingerprint density at radius 2 is 1.26 bits per heavy atom. The van der Waals surface area contributed by atoms with Crippen LogP contribution in [0.1, 0.15) is 11.1 Å². The van der Waals surface area contributed by atoms with Gasteiger partial charge in [-0.3, -0.25) is 8.63 Å². The Bertz CT molecular complexity index is 1250. The largest absolute Gasteiger partial charge is 0.678 e. The molecule has 0 aliphatic rings. The molecule has 168 valence electrons. The molecule has 34 heavy (non-hydrogen) atoms. The lowest BCUT2D eigenvalue weighted by Crippen LogP contribution is -2.32. The summed E-state index contributed by atoms with van der Waals surface area (Å²) >= 11 is 0. The zero-order valence-corrected chi connectivity index (χ0v) is 18.7. The van der Waals surface area contributed by atoms with Crippen LogP contribution in [0.15, 0.2) is 126 Å².